The van der Waals surface area contributed by atoms with E-state index < -0.39 is 35.6 Å². The van der Waals surface area contributed by atoms with E-state index in [9.17, 15) is 29.1 Å². The van der Waals surface area contributed by atoms with Gasteiger partial charge in [-0.3, -0.25) is 24.4 Å². The third-order valence-corrected chi connectivity index (χ3v) is 6.38. The third kappa shape index (κ3) is 16.2. The van der Waals surface area contributed by atoms with Crippen LogP contribution in [0.2, 0.25) is 0 Å². The largest absolute Gasteiger partial charge is 0.508 e. The van der Waals surface area contributed by atoms with Gasteiger partial charge in [-0.1, -0.05) is 33.4 Å². The summed E-state index contributed by atoms with van der Waals surface area (Å²) in [5.41, 5.74) is 2.28. The van der Waals surface area contributed by atoms with Gasteiger partial charge < -0.3 is 30.0 Å². The molecule has 0 saturated carbocycles. The summed E-state index contributed by atoms with van der Waals surface area (Å²) in [4.78, 5) is 63.3. The molecule has 0 aromatic heterocycles. The number of ketones is 2. The Hall–Kier alpha value is -3.35. The maximum atomic E-state index is 13.5. The van der Waals surface area contributed by atoms with Crippen molar-refractivity contribution in [2.24, 2.45) is 17.8 Å². The van der Waals surface area contributed by atoms with Crippen LogP contribution in [0.5, 0.6) is 5.75 Å². The lowest BCUT2D eigenvalue weighted by Crippen LogP contribution is -2.46. The number of amides is 3. The molecule has 1 unspecified atom stereocenters. The first-order chi connectivity index (χ1) is 19.5. The lowest BCUT2D eigenvalue weighted by atomic mass is 9.89. The Bertz CT molecular complexity index is 983. The zero-order valence-corrected chi connectivity index (χ0v) is 24.4. The molecule has 0 bridgehead atoms. The van der Waals surface area contributed by atoms with E-state index in [1.165, 1.54) is 24.5 Å². The number of carbonyl (C=O) groups excluding carboxylic acids is 5. The van der Waals surface area contributed by atoms with Gasteiger partial charge >= 0.3 is 0 Å². The number of hydrogen-bond donors (Lipinski definition) is 5. The highest BCUT2D eigenvalue weighted by atomic mass is 16.5. The Labute approximate surface area is 248 Å². The Morgan fingerprint density at radius 2 is 1.60 bits per heavy atom. The number of nitrogens with one attached hydrogen (secondary N) is 3. The van der Waals surface area contributed by atoms with Crippen LogP contribution in [0.15, 0.2) is 24.3 Å². The van der Waals surface area contributed by atoms with Gasteiger partial charge in [-0.05, 0) is 49.8 Å². The average molecular weight is 596 g/mol. The number of phenolic OH excluding ortho intramolecular Hbond substituents is 1. The number of aromatic hydroxyl groups is 1. The minimum atomic E-state index is -0.906. The lowest BCUT2D eigenvalue weighted by Gasteiger charge is -2.25. The Morgan fingerprint density at radius 3 is 2.17 bits per heavy atom. The van der Waals surface area contributed by atoms with E-state index in [-0.39, 0.29) is 75.9 Å². The fourth-order valence-electron chi connectivity index (χ4n) is 4.26. The summed E-state index contributed by atoms with van der Waals surface area (Å²) in [7, 11) is 1.55. The van der Waals surface area contributed by atoms with Gasteiger partial charge in [0.05, 0.1) is 25.9 Å². The Kier molecular flexibility index (Phi) is 19.7. The van der Waals surface area contributed by atoms with Gasteiger partial charge in [-0.2, -0.15) is 0 Å². The van der Waals surface area contributed by atoms with E-state index in [2.05, 4.69) is 10.6 Å². The number of hydroxylamine groups is 1. The van der Waals surface area contributed by atoms with E-state index >= 15 is 0 Å². The van der Waals surface area contributed by atoms with Crippen molar-refractivity contribution < 1.29 is 43.8 Å². The van der Waals surface area contributed by atoms with Crippen LogP contribution in [-0.4, -0.2) is 79.1 Å². The number of Topliss-reactive ketones (excluding diaryl/α,β-unsaturated/α-hetero) is 2. The Balaban J connectivity index is 0.0000168. The fourth-order valence-corrected chi connectivity index (χ4v) is 4.26. The van der Waals surface area contributed by atoms with Crippen LogP contribution in [0.4, 0.5) is 0 Å². The molecule has 0 saturated heterocycles. The molecule has 238 valence electrons. The molecule has 3 amide bonds. The lowest BCUT2D eigenvalue weighted by molar-refractivity contribution is -0.134. The molecule has 3 atom stereocenters. The summed E-state index contributed by atoms with van der Waals surface area (Å²) in [5.74, 6) is -3.65. The van der Waals surface area contributed by atoms with Crippen LogP contribution >= 0.6 is 0 Å². The quantitative estimate of drug-likeness (QED) is 0.0810. The molecule has 12 heteroatoms. The van der Waals surface area contributed by atoms with Crippen molar-refractivity contribution in [3.8, 4) is 5.75 Å². The van der Waals surface area contributed by atoms with Crippen molar-refractivity contribution in [3.05, 3.63) is 29.8 Å². The third-order valence-electron chi connectivity index (χ3n) is 6.38. The summed E-state index contributed by atoms with van der Waals surface area (Å²) < 4.78 is 10.2. The smallest absolute Gasteiger partial charge is 0.243 e. The van der Waals surface area contributed by atoms with Crippen LogP contribution in [0.1, 0.15) is 65.9 Å². The maximum Gasteiger partial charge on any atom is 0.243 e. The van der Waals surface area contributed by atoms with Crippen molar-refractivity contribution in [3.63, 3.8) is 0 Å². The van der Waals surface area contributed by atoms with Crippen molar-refractivity contribution in [2.75, 3.05) is 33.5 Å². The molecule has 0 aliphatic heterocycles. The molecule has 0 aliphatic rings. The van der Waals surface area contributed by atoms with Crippen molar-refractivity contribution in [1.29, 1.82) is 0 Å². The summed E-state index contributed by atoms with van der Waals surface area (Å²) >= 11 is 0. The highest BCUT2D eigenvalue weighted by molar-refractivity contribution is 5.94. The molecule has 12 nitrogen and oxygen atoms in total. The second-order valence-corrected chi connectivity index (χ2v) is 10.5. The summed E-state index contributed by atoms with van der Waals surface area (Å²) in [5, 5.41) is 23.9. The minimum Gasteiger partial charge on any atom is -0.508 e. The number of rotatable bonds is 21. The van der Waals surface area contributed by atoms with Crippen molar-refractivity contribution >= 4 is 29.3 Å². The summed E-state index contributed by atoms with van der Waals surface area (Å²) in [6.45, 7) is 6.38. The number of benzene rings is 1. The zero-order chi connectivity index (χ0) is 30.8. The van der Waals surface area contributed by atoms with Crippen LogP contribution < -0.4 is 16.1 Å². The molecule has 42 heavy (non-hydrogen) atoms. The molecule has 1 aromatic carbocycles. The molecule has 1 aromatic rings. The molecular weight excluding hydrogens is 546 g/mol. The highest BCUT2D eigenvalue weighted by Gasteiger charge is 2.31. The first-order valence-corrected chi connectivity index (χ1v) is 13.8. The molecule has 1 rings (SSSR count). The average Bonchev–Trinajstić information content (AvgIpc) is 2.92. The highest BCUT2D eigenvalue weighted by Crippen LogP contribution is 2.20. The number of carbonyl (C=O) groups is 5. The van der Waals surface area contributed by atoms with Crippen LogP contribution in [0.3, 0.4) is 0 Å². The molecule has 0 spiro atoms. The minimum absolute atomic E-state index is 0. The molecule has 0 radical (unpaired) electrons. The maximum absolute atomic E-state index is 13.5. The number of ether oxygens (including phenoxy) is 2. The van der Waals surface area contributed by atoms with Gasteiger partial charge in [-0.15, -0.1) is 0 Å². The van der Waals surface area contributed by atoms with E-state index in [1.54, 1.807) is 19.2 Å². The topological polar surface area (TPSA) is 180 Å². The van der Waals surface area contributed by atoms with Gasteiger partial charge in [0.1, 0.15) is 11.5 Å². The standard InChI is InChI=1S/C29H45N3O9.CH4/c1-19(2)15-25(31-29(38)23(16-20(3)33)17-21-5-8-24(34)9-6-21)26(35)18-22(7-10-27(36)32-39)28(37)30-11-12-41-14-13-40-4;/h5-6,8-9,19,22-23,25,34,39H,7,10-18H2,1-4H3,(H,30,37)(H,31,38)(H,32,36);1H4/t22?,23-,25+;/m0./s1. The van der Waals surface area contributed by atoms with Gasteiger partial charge in [0, 0.05) is 44.8 Å². The van der Waals surface area contributed by atoms with Gasteiger partial charge in [0.15, 0.2) is 5.78 Å². The van der Waals surface area contributed by atoms with E-state index in [1.807, 2.05) is 13.8 Å². The molecule has 0 fully saturated rings. The zero-order valence-electron chi connectivity index (χ0n) is 24.4. The van der Waals surface area contributed by atoms with Crippen molar-refractivity contribution in [1.82, 2.24) is 16.1 Å². The monoisotopic (exact) mass is 595 g/mol. The summed E-state index contributed by atoms with van der Waals surface area (Å²) in [6.07, 6.45) is 0.119. The Morgan fingerprint density at radius 1 is 0.929 bits per heavy atom. The SMILES string of the molecule is C.COCCOCCNC(=O)C(CCC(=O)NO)CC(=O)[C@@H](CC(C)C)NC(=O)[C@@H](CC(C)=O)Cc1ccc(O)cc1. The summed E-state index contributed by atoms with van der Waals surface area (Å²) in [6, 6.07) is 5.42. The second kappa shape index (κ2) is 21.4. The van der Waals surface area contributed by atoms with Crippen molar-refractivity contribution in [2.45, 2.75) is 72.8 Å². The van der Waals surface area contributed by atoms with E-state index in [0.29, 0.717) is 19.6 Å². The predicted octanol–water partition coefficient (Wildman–Crippen LogP) is 2.34. The normalized spacial score (nSPS) is 12.9. The first-order valence-electron chi connectivity index (χ1n) is 13.8. The predicted molar refractivity (Wildman–Crippen MR) is 157 cm³/mol. The second-order valence-electron chi connectivity index (χ2n) is 10.5. The molecular formula is C30H49N3O9. The first kappa shape index (κ1) is 38.6. The number of phenols is 1. The fraction of sp³-hybridized carbons (Fsp3) is 0.633. The number of methoxy groups -OCH3 is 1. The number of hydrogen-bond acceptors (Lipinski definition) is 9. The van der Waals surface area contributed by atoms with Gasteiger partial charge in [-0.25, -0.2) is 5.48 Å². The van der Waals surface area contributed by atoms with E-state index in [0.717, 1.165) is 5.56 Å². The van der Waals surface area contributed by atoms with E-state index in [4.69, 9.17) is 14.7 Å². The van der Waals surface area contributed by atoms with Gasteiger partial charge in [0.25, 0.3) is 0 Å². The molecule has 0 aliphatic carbocycles. The van der Waals surface area contributed by atoms with Gasteiger partial charge in [0.2, 0.25) is 17.7 Å². The molecule has 5 N–H and O–H groups in total. The molecule has 0 heterocycles. The van der Waals surface area contributed by atoms with Crippen LogP contribution in [0.25, 0.3) is 0 Å². The van der Waals surface area contributed by atoms with Crippen LogP contribution in [0, 0.1) is 17.8 Å². The van der Waals surface area contributed by atoms with Crippen LogP contribution in [-0.2, 0) is 39.9 Å².